The van der Waals surface area contributed by atoms with Crippen LogP contribution in [0.1, 0.15) is 23.7 Å². The number of nitrogen functional groups attached to an aromatic ring is 1. The first-order chi connectivity index (χ1) is 14.1. The van der Waals surface area contributed by atoms with Crippen LogP contribution in [0.5, 0.6) is 5.75 Å². The summed E-state index contributed by atoms with van der Waals surface area (Å²) in [5, 5.41) is 4.44. The normalized spacial score (nSPS) is 16.5. The molecule has 7 nitrogen and oxygen atoms in total. The highest BCUT2D eigenvalue weighted by molar-refractivity contribution is 6.13. The highest BCUT2D eigenvalue weighted by Gasteiger charge is 2.19. The van der Waals surface area contributed by atoms with Crippen LogP contribution in [-0.4, -0.2) is 27.0 Å². The SMILES string of the molecule is CCN=C1C(=CN)Cc2ccnn2-c2ccc(F)cc2COc2cc1cnc2N. The molecule has 0 saturated heterocycles. The van der Waals surface area contributed by atoms with Gasteiger partial charge in [0.15, 0.2) is 11.6 Å². The molecule has 4 N–H and O–H groups in total. The second-order valence-electron chi connectivity index (χ2n) is 6.60. The van der Waals surface area contributed by atoms with Gasteiger partial charge >= 0.3 is 0 Å². The van der Waals surface area contributed by atoms with E-state index in [0.717, 1.165) is 28.2 Å². The average molecular weight is 392 g/mol. The van der Waals surface area contributed by atoms with E-state index >= 15 is 0 Å². The van der Waals surface area contributed by atoms with Gasteiger partial charge < -0.3 is 16.2 Å². The monoisotopic (exact) mass is 392 g/mol. The summed E-state index contributed by atoms with van der Waals surface area (Å²) in [7, 11) is 0. The number of rotatable bonds is 1. The van der Waals surface area contributed by atoms with Crippen LogP contribution in [-0.2, 0) is 13.0 Å². The molecule has 29 heavy (non-hydrogen) atoms. The van der Waals surface area contributed by atoms with Crippen LogP contribution < -0.4 is 16.2 Å². The van der Waals surface area contributed by atoms with E-state index in [1.807, 2.05) is 13.0 Å². The molecule has 0 atom stereocenters. The van der Waals surface area contributed by atoms with Crippen LogP contribution in [0.3, 0.4) is 0 Å². The van der Waals surface area contributed by atoms with Crippen LogP contribution in [0.2, 0.25) is 0 Å². The first-order valence-corrected chi connectivity index (χ1v) is 9.26. The first-order valence-electron chi connectivity index (χ1n) is 9.26. The third kappa shape index (κ3) is 3.56. The van der Waals surface area contributed by atoms with Crippen molar-refractivity contribution < 1.29 is 9.13 Å². The summed E-state index contributed by atoms with van der Waals surface area (Å²) in [4.78, 5) is 8.88. The Kier molecular flexibility index (Phi) is 4.99. The predicted molar refractivity (Wildman–Crippen MR) is 110 cm³/mol. The zero-order valence-corrected chi connectivity index (χ0v) is 16.0. The number of allylic oxidation sites excluding steroid dienone is 1. The van der Waals surface area contributed by atoms with E-state index in [2.05, 4.69) is 15.1 Å². The van der Waals surface area contributed by atoms with Gasteiger partial charge in [-0.05, 0) is 49.0 Å². The number of pyridine rings is 1. The number of anilines is 1. The fraction of sp³-hybridized carbons (Fsp3) is 0.190. The number of hydrogen-bond acceptors (Lipinski definition) is 6. The van der Waals surface area contributed by atoms with E-state index in [-0.39, 0.29) is 18.2 Å². The summed E-state index contributed by atoms with van der Waals surface area (Å²) in [6.45, 7) is 2.64. The van der Waals surface area contributed by atoms with Gasteiger partial charge in [-0.3, -0.25) is 4.99 Å². The number of fused-ring (bicyclic) bond motifs is 5. The Morgan fingerprint density at radius 2 is 2.17 bits per heavy atom. The molecule has 0 fully saturated rings. The number of halogens is 1. The third-order valence-corrected chi connectivity index (χ3v) is 4.72. The van der Waals surface area contributed by atoms with E-state index in [1.54, 1.807) is 35.4 Å². The summed E-state index contributed by atoms with van der Waals surface area (Å²) in [5.74, 6) is 0.296. The van der Waals surface area contributed by atoms with Crippen LogP contribution >= 0.6 is 0 Å². The van der Waals surface area contributed by atoms with Gasteiger partial charge in [0, 0.05) is 42.2 Å². The molecule has 0 spiro atoms. The molecule has 3 heterocycles. The largest absolute Gasteiger partial charge is 0.485 e. The Morgan fingerprint density at radius 1 is 1.31 bits per heavy atom. The molecule has 0 saturated carbocycles. The summed E-state index contributed by atoms with van der Waals surface area (Å²) >= 11 is 0. The van der Waals surface area contributed by atoms with Gasteiger partial charge in [0.2, 0.25) is 0 Å². The highest BCUT2D eigenvalue weighted by Crippen LogP contribution is 2.27. The summed E-state index contributed by atoms with van der Waals surface area (Å²) < 4.78 is 21.6. The number of nitrogens with two attached hydrogens (primary N) is 2. The molecule has 2 bridgehead atoms. The minimum atomic E-state index is -0.354. The number of hydrogen-bond donors (Lipinski definition) is 2. The molecular formula is C21H21FN6O. The van der Waals surface area contributed by atoms with E-state index in [4.69, 9.17) is 16.2 Å². The van der Waals surface area contributed by atoms with E-state index in [9.17, 15) is 4.39 Å². The fourth-order valence-corrected chi connectivity index (χ4v) is 3.37. The van der Waals surface area contributed by atoms with Crippen LogP contribution in [0.25, 0.3) is 5.69 Å². The third-order valence-electron chi connectivity index (χ3n) is 4.72. The second kappa shape index (κ2) is 7.75. The molecule has 148 valence electrons. The van der Waals surface area contributed by atoms with Crippen molar-refractivity contribution in [2.45, 2.75) is 20.0 Å². The van der Waals surface area contributed by atoms with Crippen LogP contribution in [0.4, 0.5) is 10.2 Å². The van der Waals surface area contributed by atoms with Crippen molar-refractivity contribution in [2.75, 3.05) is 12.3 Å². The lowest BCUT2D eigenvalue weighted by atomic mass is 9.99. The van der Waals surface area contributed by atoms with Gasteiger partial charge in [-0.2, -0.15) is 5.10 Å². The molecule has 0 unspecified atom stereocenters. The van der Waals surface area contributed by atoms with Crippen molar-refractivity contribution in [1.82, 2.24) is 14.8 Å². The van der Waals surface area contributed by atoms with Gasteiger partial charge in [-0.1, -0.05) is 0 Å². The Bertz CT molecular complexity index is 1120. The maximum absolute atomic E-state index is 13.9. The maximum atomic E-state index is 13.9. The topological polar surface area (TPSA) is 104 Å². The van der Waals surface area contributed by atoms with Crippen molar-refractivity contribution >= 4 is 11.5 Å². The van der Waals surface area contributed by atoms with Gasteiger partial charge in [0.1, 0.15) is 12.4 Å². The van der Waals surface area contributed by atoms with E-state index < -0.39 is 0 Å². The quantitative estimate of drug-likeness (QED) is 0.663. The number of benzene rings is 1. The predicted octanol–water partition coefficient (Wildman–Crippen LogP) is 2.78. The summed E-state index contributed by atoms with van der Waals surface area (Å²) in [6, 6.07) is 8.21. The van der Waals surface area contributed by atoms with Crippen molar-refractivity contribution in [3.8, 4) is 11.4 Å². The standard InChI is InChI=1S/C21H21FN6O/c1-2-25-20-13(10-23)8-17-5-6-27-28(17)18-4-3-16(22)7-15(18)12-29-19-9-14(20)11-26-21(19)24/h3-7,9-11H,2,8,12,23H2,1H3,(H2,24,26). The Hall–Kier alpha value is -3.68. The molecular weight excluding hydrogens is 371 g/mol. The summed E-state index contributed by atoms with van der Waals surface area (Å²) in [6.07, 6.45) is 5.39. The van der Waals surface area contributed by atoms with Crippen molar-refractivity contribution in [3.63, 3.8) is 0 Å². The molecule has 2 aromatic heterocycles. The highest BCUT2D eigenvalue weighted by atomic mass is 19.1. The zero-order chi connectivity index (χ0) is 20.4. The first kappa shape index (κ1) is 18.7. The van der Waals surface area contributed by atoms with Crippen LogP contribution in [0.15, 0.2) is 59.5 Å². The number of aliphatic imine (C=N–C) groups is 1. The van der Waals surface area contributed by atoms with Gasteiger partial charge in [0.25, 0.3) is 0 Å². The fourth-order valence-electron chi connectivity index (χ4n) is 3.37. The molecule has 1 aliphatic rings. The molecule has 0 aliphatic carbocycles. The minimum Gasteiger partial charge on any atom is -0.485 e. The number of ether oxygens (including phenoxy) is 1. The zero-order valence-electron chi connectivity index (χ0n) is 16.0. The molecule has 1 aliphatic heterocycles. The molecule has 0 amide bonds. The Labute approximate surface area is 167 Å². The van der Waals surface area contributed by atoms with Gasteiger partial charge in [-0.15, -0.1) is 0 Å². The lowest BCUT2D eigenvalue weighted by Crippen LogP contribution is -2.16. The van der Waals surface area contributed by atoms with Gasteiger partial charge in [-0.25, -0.2) is 14.1 Å². The summed E-state index contributed by atoms with van der Waals surface area (Å²) in [5.41, 5.74) is 16.5. The van der Waals surface area contributed by atoms with Crippen molar-refractivity contribution in [1.29, 1.82) is 0 Å². The Balaban J connectivity index is 1.94. The second-order valence-corrected chi connectivity index (χ2v) is 6.60. The molecule has 3 aromatic rings. The van der Waals surface area contributed by atoms with Crippen LogP contribution in [0, 0.1) is 5.82 Å². The van der Waals surface area contributed by atoms with Gasteiger partial charge in [0.05, 0.1) is 11.4 Å². The molecule has 1 aromatic carbocycles. The van der Waals surface area contributed by atoms with E-state index in [0.29, 0.717) is 24.3 Å². The Morgan fingerprint density at radius 3 is 2.97 bits per heavy atom. The number of nitrogens with zero attached hydrogens (tertiary/aromatic N) is 4. The average Bonchev–Trinajstić information content (AvgIpc) is 3.17. The molecule has 0 radical (unpaired) electrons. The number of aromatic nitrogens is 3. The lowest BCUT2D eigenvalue weighted by Gasteiger charge is -2.18. The van der Waals surface area contributed by atoms with Crippen molar-refractivity contribution in [2.24, 2.45) is 10.7 Å². The minimum absolute atomic E-state index is 0.113. The lowest BCUT2D eigenvalue weighted by molar-refractivity contribution is 0.305. The molecule has 4 rings (SSSR count). The maximum Gasteiger partial charge on any atom is 0.166 e. The molecule has 8 heteroatoms. The van der Waals surface area contributed by atoms with E-state index in [1.165, 1.54) is 12.1 Å². The smallest absolute Gasteiger partial charge is 0.166 e. The van der Waals surface area contributed by atoms with Crippen molar-refractivity contribution in [3.05, 3.63) is 77.1 Å².